The Morgan fingerprint density at radius 3 is 2.70 bits per heavy atom. The fraction of sp³-hybridized carbons (Fsp3) is 0.231. The quantitative estimate of drug-likeness (QED) is 0.653. The van der Waals surface area contributed by atoms with Crippen molar-refractivity contribution in [3.8, 4) is 11.5 Å². The first-order valence-electron chi connectivity index (χ1n) is 5.81. The van der Waals surface area contributed by atoms with Crippen molar-refractivity contribution >= 4 is 22.0 Å². The van der Waals surface area contributed by atoms with E-state index in [4.69, 9.17) is 9.47 Å². The minimum atomic E-state index is -0.387. The molecule has 0 atom stereocenters. The number of hydrogen-bond acceptors (Lipinski definition) is 6. The second-order valence-electron chi connectivity index (χ2n) is 3.97. The highest BCUT2D eigenvalue weighted by Crippen LogP contribution is 2.30. The smallest absolute Gasteiger partial charge is 0.324 e. The molecule has 1 N–H and O–H groups in total. The highest BCUT2D eigenvalue weighted by molar-refractivity contribution is 7.13. The Morgan fingerprint density at radius 2 is 2.10 bits per heavy atom. The molecule has 0 bridgehead atoms. The highest BCUT2D eigenvalue weighted by Gasteiger charge is 2.10. The molecule has 2 rings (SSSR count). The molecule has 7 heteroatoms. The Kier molecular flexibility index (Phi) is 4.41. The lowest BCUT2D eigenvalue weighted by Crippen LogP contribution is -2.00. The van der Waals surface area contributed by atoms with E-state index in [-0.39, 0.29) is 9.92 Å². The van der Waals surface area contributed by atoms with Gasteiger partial charge in [0.05, 0.1) is 24.8 Å². The van der Waals surface area contributed by atoms with Crippen molar-refractivity contribution < 1.29 is 14.4 Å². The molecule has 1 heterocycles. The van der Waals surface area contributed by atoms with E-state index in [2.05, 4.69) is 5.32 Å². The second-order valence-corrected chi connectivity index (χ2v) is 4.86. The summed E-state index contributed by atoms with van der Waals surface area (Å²) < 4.78 is 10.4. The first kappa shape index (κ1) is 14.1. The van der Waals surface area contributed by atoms with Crippen molar-refractivity contribution in [1.82, 2.24) is 0 Å². The molecule has 0 spiro atoms. The number of thiophene rings is 1. The van der Waals surface area contributed by atoms with E-state index in [0.717, 1.165) is 22.6 Å². The molecule has 0 fully saturated rings. The molecule has 1 aromatic heterocycles. The van der Waals surface area contributed by atoms with Gasteiger partial charge in [-0.3, -0.25) is 10.1 Å². The number of hydrogen-bond donors (Lipinski definition) is 1. The number of nitro groups is 1. The van der Waals surface area contributed by atoms with Crippen LogP contribution >= 0.6 is 11.3 Å². The lowest BCUT2D eigenvalue weighted by molar-refractivity contribution is -0.380. The van der Waals surface area contributed by atoms with Crippen LogP contribution in [0.5, 0.6) is 11.5 Å². The van der Waals surface area contributed by atoms with E-state index >= 15 is 0 Å². The molecule has 0 amide bonds. The summed E-state index contributed by atoms with van der Waals surface area (Å²) in [4.78, 5) is 10.2. The van der Waals surface area contributed by atoms with Gasteiger partial charge in [0.25, 0.3) is 0 Å². The van der Waals surface area contributed by atoms with E-state index in [1.807, 2.05) is 12.1 Å². The average Bonchev–Trinajstić information content (AvgIpc) is 2.94. The van der Waals surface area contributed by atoms with E-state index in [1.165, 1.54) is 0 Å². The Balaban J connectivity index is 2.07. The largest absolute Gasteiger partial charge is 0.497 e. The fourth-order valence-electron chi connectivity index (χ4n) is 1.69. The SMILES string of the molecule is COc1ccc(NCc2csc([N+](=O)[O-])c2)c(OC)c1. The van der Waals surface area contributed by atoms with Gasteiger partial charge in [-0.05, 0) is 17.7 Å². The predicted molar refractivity (Wildman–Crippen MR) is 77.8 cm³/mol. The van der Waals surface area contributed by atoms with E-state index in [9.17, 15) is 10.1 Å². The lowest BCUT2D eigenvalue weighted by Gasteiger charge is -2.11. The van der Waals surface area contributed by atoms with Gasteiger partial charge < -0.3 is 14.8 Å². The maximum Gasteiger partial charge on any atom is 0.324 e. The molecule has 0 aliphatic heterocycles. The van der Waals surface area contributed by atoms with Crippen LogP contribution in [0.1, 0.15) is 5.56 Å². The maximum atomic E-state index is 10.6. The van der Waals surface area contributed by atoms with Gasteiger partial charge in [0.1, 0.15) is 11.5 Å². The molecule has 1 aromatic carbocycles. The van der Waals surface area contributed by atoms with Gasteiger partial charge in [-0.2, -0.15) is 0 Å². The van der Waals surface area contributed by atoms with Gasteiger partial charge in [0.15, 0.2) is 0 Å². The summed E-state index contributed by atoms with van der Waals surface area (Å²) in [7, 11) is 3.17. The Morgan fingerprint density at radius 1 is 1.30 bits per heavy atom. The normalized spacial score (nSPS) is 10.1. The number of anilines is 1. The Bertz CT molecular complexity index is 612. The lowest BCUT2D eigenvalue weighted by atomic mass is 10.2. The molecular weight excluding hydrogens is 280 g/mol. The number of nitrogens with one attached hydrogen (secondary N) is 1. The van der Waals surface area contributed by atoms with Crippen LogP contribution in [0.3, 0.4) is 0 Å². The minimum absolute atomic E-state index is 0.142. The molecule has 2 aromatic rings. The van der Waals surface area contributed by atoms with Crippen molar-refractivity contribution in [1.29, 1.82) is 0 Å². The molecule has 0 aliphatic rings. The molecular formula is C13H14N2O4S. The van der Waals surface area contributed by atoms with Crippen LogP contribution in [-0.4, -0.2) is 19.1 Å². The van der Waals surface area contributed by atoms with Crippen molar-refractivity contribution in [2.45, 2.75) is 6.54 Å². The van der Waals surface area contributed by atoms with Crippen LogP contribution in [0, 0.1) is 10.1 Å². The number of benzene rings is 1. The van der Waals surface area contributed by atoms with Crippen LogP contribution in [0.25, 0.3) is 0 Å². The van der Waals surface area contributed by atoms with Crippen molar-refractivity contribution in [2.24, 2.45) is 0 Å². The summed E-state index contributed by atoms with van der Waals surface area (Å²) in [6, 6.07) is 7.01. The number of ether oxygens (including phenoxy) is 2. The van der Waals surface area contributed by atoms with Crippen molar-refractivity contribution in [2.75, 3.05) is 19.5 Å². The first-order chi connectivity index (χ1) is 9.63. The van der Waals surface area contributed by atoms with Crippen LogP contribution in [0.4, 0.5) is 10.7 Å². The number of methoxy groups -OCH3 is 2. The molecule has 20 heavy (non-hydrogen) atoms. The van der Waals surface area contributed by atoms with Gasteiger partial charge in [0, 0.05) is 24.1 Å². The van der Waals surface area contributed by atoms with Crippen LogP contribution in [0.15, 0.2) is 29.6 Å². The molecule has 0 saturated carbocycles. The third-order valence-corrected chi connectivity index (χ3v) is 3.64. The van der Waals surface area contributed by atoms with Crippen LogP contribution < -0.4 is 14.8 Å². The van der Waals surface area contributed by atoms with Crippen molar-refractivity contribution in [3.63, 3.8) is 0 Å². The third-order valence-electron chi connectivity index (χ3n) is 2.71. The van der Waals surface area contributed by atoms with Gasteiger partial charge >= 0.3 is 5.00 Å². The second kappa shape index (κ2) is 6.25. The molecule has 106 valence electrons. The standard InChI is InChI=1S/C13H14N2O4S/c1-18-10-3-4-11(12(6-10)19-2)14-7-9-5-13(15(16)17)20-8-9/h3-6,8,14H,7H2,1-2H3. The maximum absolute atomic E-state index is 10.6. The topological polar surface area (TPSA) is 73.6 Å². The Labute approximate surface area is 120 Å². The summed E-state index contributed by atoms with van der Waals surface area (Å²) in [5.74, 6) is 1.37. The molecule has 0 unspecified atom stereocenters. The third kappa shape index (κ3) is 3.18. The number of rotatable bonds is 6. The zero-order valence-electron chi connectivity index (χ0n) is 11.1. The summed E-state index contributed by atoms with van der Waals surface area (Å²) in [5.41, 5.74) is 1.67. The zero-order chi connectivity index (χ0) is 14.5. The van der Waals surface area contributed by atoms with Gasteiger partial charge in [-0.15, -0.1) is 0 Å². The average molecular weight is 294 g/mol. The van der Waals surface area contributed by atoms with Crippen LogP contribution in [0.2, 0.25) is 0 Å². The van der Waals surface area contributed by atoms with Gasteiger partial charge in [-0.25, -0.2) is 0 Å². The predicted octanol–water partition coefficient (Wildman–Crippen LogP) is 3.29. The molecule has 0 aliphatic carbocycles. The summed E-state index contributed by atoms with van der Waals surface area (Å²) in [6.45, 7) is 0.493. The van der Waals surface area contributed by atoms with Crippen molar-refractivity contribution in [3.05, 3.63) is 45.3 Å². The fourth-order valence-corrected chi connectivity index (χ4v) is 2.42. The minimum Gasteiger partial charge on any atom is -0.497 e. The molecule has 0 radical (unpaired) electrons. The highest BCUT2D eigenvalue weighted by atomic mass is 32.1. The van der Waals surface area contributed by atoms with Gasteiger partial charge in [-0.1, -0.05) is 11.3 Å². The van der Waals surface area contributed by atoms with E-state index < -0.39 is 0 Å². The summed E-state index contributed by atoms with van der Waals surface area (Å²) >= 11 is 1.12. The van der Waals surface area contributed by atoms with E-state index in [0.29, 0.717) is 18.0 Å². The Hall–Kier alpha value is -2.28. The zero-order valence-corrected chi connectivity index (χ0v) is 11.9. The summed E-state index contributed by atoms with van der Waals surface area (Å²) in [6.07, 6.45) is 0. The number of nitrogens with zero attached hydrogens (tertiary/aromatic N) is 1. The van der Waals surface area contributed by atoms with Gasteiger partial charge in [0.2, 0.25) is 0 Å². The first-order valence-corrected chi connectivity index (χ1v) is 6.69. The molecule has 6 nitrogen and oxygen atoms in total. The monoisotopic (exact) mass is 294 g/mol. The summed E-state index contributed by atoms with van der Waals surface area (Å²) in [5, 5.41) is 15.7. The van der Waals surface area contributed by atoms with Crippen LogP contribution in [-0.2, 0) is 6.54 Å². The molecule has 0 saturated heterocycles. The van der Waals surface area contributed by atoms with E-state index in [1.54, 1.807) is 31.7 Å².